The summed E-state index contributed by atoms with van der Waals surface area (Å²) >= 11 is 9.04. The van der Waals surface area contributed by atoms with Crippen molar-refractivity contribution in [3.63, 3.8) is 0 Å². The van der Waals surface area contributed by atoms with Crippen molar-refractivity contribution in [1.82, 2.24) is 15.2 Å². The SMILES string of the molecule is Clc1ccc2c(CBr)[nH]nc2n1. The summed E-state index contributed by atoms with van der Waals surface area (Å²) in [4.78, 5) is 4.05. The number of hydrogen-bond acceptors (Lipinski definition) is 2. The molecule has 2 aromatic rings. The van der Waals surface area contributed by atoms with Crippen molar-refractivity contribution in [1.29, 1.82) is 0 Å². The van der Waals surface area contributed by atoms with Crippen molar-refractivity contribution in [2.45, 2.75) is 5.33 Å². The van der Waals surface area contributed by atoms with Crippen molar-refractivity contribution >= 4 is 38.6 Å². The zero-order chi connectivity index (χ0) is 8.55. The first-order chi connectivity index (χ1) is 5.81. The fourth-order valence-electron chi connectivity index (χ4n) is 1.03. The topological polar surface area (TPSA) is 41.6 Å². The number of nitrogens with one attached hydrogen (secondary N) is 1. The molecule has 3 nitrogen and oxygen atoms in total. The maximum Gasteiger partial charge on any atom is 0.182 e. The van der Waals surface area contributed by atoms with Crippen LogP contribution in [0.1, 0.15) is 5.69 Å². The predicted molar refractivity (Wildman–Crippen MR) is 51.5 cm³/mol. The number of pyridine rings is 1. The van der Waals surface area contributed by atoms with E-state index in [9.17, 15) is 0 Å². The second kappa shape index (κ2) is 3.03. The van der Waals surface area contributed by atoms with E-state index in [-0.39, 0.29) is 0 Å². The Morgan fingerprint density at radius 2 is 2.33 bits per heavy atom. The van der Waals surface area contributed by atoms with Crippen LogP contribution in [0.25, 0.3) is 11.0 Å². The molecule has 0 radical (unpaired) electrons. The Hall–Kier alpha value is -0.610. The molecule has 0 saturated heterocycles. The Labute approximate surface area is 82.3 Å². The van der Waals surface area contributed by atoms with Crippen LogP contribution < -0.4 is 0 Å². The maximum atomic E-state index is 5.69. The van der Waals surface area contributed by atoms with Gasteiger partial charge in [0.15, 0.2) is 5.65 Å². The molecule has 12 heavy (non-hydrogen) atoms. The van der Waals surface area contributed by atoms with E-state index >= 15 is 0 Å². The van der Waals surface area contributed by atoms with Gasteiger partial charge in [0.05, 0.1) is 5.69 Å². The second-order valence-corrected chi connectivity index (χ2v) is 3.29. The van der Waals surface area contributed by atoms with Crippen LogP contribution in [0.2, 0.25) is 5.15 Å². The normalized spacial score (nSPS) is 10.8. The average Bonchev–Trinajstić information content (AvgIpc) is 2.46. The van der Waals surface area contributed by atoms with Gasteiger partial charge in [0.2, 0.25) is 0 Å². The largest absolute Gasteiger partial charge is 0.279 e. The van der Waals surface area contributed by atoms with E-state index in [1.165, 1.54) is 0 Å². The molecular formula is C7H5BrClN3. The molecule has 2 heterocycles. The van der Waals surface area contributed by atoms with Gasteiger partial charge in [-0.05, 0) is 12.1 Å². The molecule has 5 heteroatoms. The van der Waals surface area contributed by atoms with Crippen LogP contribution in [0, 0.1) is 0 Å². The van der Waals surface area contributed by atoms with Gasteiger partial charge < -0.3 is 0 Å². The lowest BCUT2D eigenvalue weighted by Gasteiger charge is -1.90. The lowest BCUT2D eigenvalue weighted by atomic mass is 10.3. The summed E-state index contributed by atoms with van der Waals surface area (Å²) in [5.74, 6) is 0. The zero-order valence-corrected chi connectivity index (χ0v) is 8.35. The van der Waals surface area contributed by atoms with Crippen molar-refractivity contribution in [2.75, 3.05) is 0 Å². The summed E-state index contributed by atoms with van der Waals surface area (Å²) in [5, 5.41) is 9.09. The van der Waals surface area contributed by atoms with Gasteiger partial charge in [0.1, 0.15) is 5.15 Å². The Morgan fingerprint density at radius 3 is 3.08 bits per heavy atom. The Morgan fingerprint density at radius 1 is 1.50 bits per heavy atom. The molecule has 2 rings (SSSR count). The number of aromatic nitrogens is 3. The maximum absolute atomic E-state index is 5.69. The molecule has 0 spiro atoms. The number of halogens is 2. The van der Waals surface area contributed by atoms with Crippen LogP contribution in [-0.2, 0) is 5.33 Å². The summed E-state index contributed by atoms with van der Waals surface area (Å²) in [7, 11) is 0. The standard InChI is InChI=1S/C7H5BrClN3/c8-3-5-4-1-2-6(9)10-7(4)12-11-5/h1-2H,3H2,(H,10,11,12). The summed E-state index contributed by atoms with van der Waals surface area (Å²) in [6, 6.07) is 3.66. The molecule has 2 aromatic heterocycles. The summed E-state index contributed by atoms with van der Waals surface area (Å²) in [5.41, 5.74) is 1.69. The number of H-pyrrole nitrogens is 1. The van der Waals surface area contributed by atoms with Crippen LogP contribution in [0.5, 0.6) is 0 Å². The van der Waals surface area contributed by atoms with Crippen LogP contribution in [-0.4, -0.2) is 15.2 Å². The smallest absolute Gasteiger partial charge is 0.182 e. The number of alkyl halides is 1. The monoisotopic (exact) mass is 245 g/mol. The number of rotatable bonds is 1. The molecule has 0 aliphatic carbocycles. The van der Waals surface area contributed by atoms with Gasteiger partial charge >= 0.3 is 0 Å². The van der Waals surface area contributed by atoms with Crippen LogP contribution in [0.4, 0.5) is 0 Å². The van der Waals surface area contributed by atoms with Gasteiger partial charge in [-0.15, -0.1) is 0 Å². The minimum atomic E-state index is 0.468. The first-order valence-electron chi connectivity index (χ1n) is 3.36. The minimum Gasteiger partial charge on any atom is -0.279 e. The molecule has 0 aliphatic rings. The van der Waals surface area contributed by atoms with E-state index in [1.54, 1.807) is 6.07 Å². The molecule has 0 aliphatic heterocycles. The third-order valence-electron chi connectivity index (χ3n) is 1.60. The van der Waals surface area contributed by atoms with E-state index in [2.05, 4.69) is 31.1 Å². The van der Waals surface area contributed by atoms with Gasteiger partial charge in [0.25, 0.3) is 0 Å². The third-order valence-corrected chi connectivity index (χ3v) is 2.37. The third kappa shape index (κ3) is 1.21. The zero-order valence-electron chi connectivity index (χ0n) is 6.01. The number of aromatic amines is 1. The molecule has 62 valence electrons. The minimum absolute atomic E-state index is 0.468. The molecule has 0 unspecified atom stereocenters. The highest BCUT2D eigenvalue weighted by Gasteiger charge is 2.04. The van der Waals surface area contributed by atoms with Crippen molar-refractivity contribution in [2.24, 2.45) is 0 Å². The van der Waals surface area contributed by atoms with Crippen LogP contribution >= 0.6 is 27.5 Å². The molecule has 0 saturated carbocycles. The van der Waals surface area contributed by atoms with E-state index in [4.69, 9.17) is 11.6 Å². The molecule has 0 amide bonds. The fourth-order valence-corrected chi connectivity index (χ4v) is 1.60. The van der Waals surface area contributed by atoms with E-state index in [0.717, 1.165) is 16.4 Å². The molecule has 0 aromatic carbocycles. The van der Waals surface area contributed by atoms with Gasteiger partial charge in [-0.3, -0.25) is 5.10 Å². The first-order valence-corrected chi connectivity index (χ1v) is 4.86. The fraction of sp³-hybridized carbons (Fsp3) is 0.143. The van der Waals surface area contributed by atoms with Crippen molar-refractivity contribution in [3.8, 4) is 0 Å². The molecule has 0 fully saturated rings. The average molecular weight is 246 g/mol. The highest BCUT2D eigenvalue weighted by molar-refractivity contribution is 9.08. The lowest BCUT2D eigenvalue weighted by molar-refractivity contribution is 1.05. The van der Waals surface area contributed by atoms with Gasteiger partial charge in [0, 0.05) is 10.7 Å². The molecular weight excluding hydrogens is 241 g/mol. The molecule has 1 N–H and O–H groups in total. The predicted octanol–water partition coefficient (Wildman–Crippen LogP) is 2.51. The lowest BCUT2D eigenvalue weighted by Crippen LogP contribution is -1.77. The summed E-state index contributed by atoms with van der Waals surface area (Å²) in [6.45, 7) is 0. The van der Waals surface area contributed by atoms with Gasteiger partial charge in [-0.1, -0.05) is 27.5 Å². The van der Waals surface area contributed by atoms with Gasteiger partial charge in [-0.25, -0.2) is 4.98 Å². The van der Waals surface area contributed by atoms with Crippen LogP contribution in [0.3, 0.4) is 0 Å². The van der Waals surface area contributed by atoms with E-state index in [1.807, 2.05) is 6.07 Å². The number of fused-ring (bicyclic) bond motifs is 1. The Kier molecular flexibility index (Phi) is 2.02. The van der Waals surface area contributed by atoms with E-state index < -0.39 is 0 Å². The van der Waals surface area contributed by atoms with E-state index in [0.29, 0.717) is 10.8 Å². The number of hydrogen-bond donors (Lipinski definition) is 1. The van der Waals surface area contributed by atoms with Crippen LogP contribution in [0.15, 0.2) is 12.1 Å². The molecule has 0 bridgehead atoms. The highest BCUT2D eigenvalue weighted by Crippen LogP contribution is 2.18. The Balaban J connectivity index is 2.73. The van der Waals surface area contributed by atoms with Crippen molar-refractivity contribution in [3.05, 3.63) is 23.0 Å². The highest BCUT2D eigenvalue weighted by atomic mass is 79.9. The summed E-state index contributed by atoms with van der Waals surface area (Å²) < 4.78 is 0. The van der Waals surface area contributed by atoms with Crippen molar-refractivity contribution < 1.29 is 0 Å². The second-order valence-electron chi connectivity index (χ2n) is 2.34. The quantitative estimate of drug-likeness (QED) is 0.620. The summed E-state index contributed by atoms with van der Waals surface area (Å²) in [6.07, 6.45) is 0. The first kappa shape index (κ1) is 8.01. The Bertz CT molecular complexity index is 412. The van der Waals surface area contributed by atoms with Gasteiger partial charge in [-0.2, -0.15) is 5.10 Å². The number of nitrogens with zero attached hydrogens (tertiary/aromatic N) is 2. The molecule has 0 atom stereocenters.